The molecule has 8 nitrogen and oxygen atoms in total. The standard InChI is InChI=1S/C33H36N6O2S/c1-33(2,3)24-15-13-23(14-16-24)21-39-26-10-6-5-9-25(26)30-31(39)34-32(36-35-30)42-22-29(40)38-19-17-37(18-20-38)27-11-7-8-12-28(27)41-4/h5-16H,17-22H2,1-4H3. The predicted octanol–water partition coefficient (Wildman–Crippen LogP) is 5.77. The molecule has 3 heterocycles. The van der Waals surface area contributed by atoms with Gasteiger partial charge in [-0.2, -0.15) is 0 Å². The molecule has 1 aliphatic rings. The van der Waals surface area contributed by atoms with Crippen molar-refractivity contribution in [1.29, 1.82) is 0 Å². The van der Waals surface area contributed by atoms with Gasteiger partial charge < -0.3 is 19.1 Å². The summed E-state index contributed by atoms with van der Waals surface area (Å²) in [5.41, 5.74) is 6.30. The third-order valence-corrected chi connectivity index (χ3v) is 8.72. The quantitative estimate of drug-likeness (QED) is 0.226. The van der Waals surface area contributed by atoms with E-state index in [0.717, 1.165) is 46.6 Å². The molecule has 1 aliphatic heterocycles. The van der Waals surface area contributed by atoms with Crippen LogP contribution in [-0.4, -0.2) is 69.6 Å². The van der Waals surface area contributed by atoms with Gasteiger partial charge in [-0.05, 0) is 34.7 Å². The summed E-state index contributed by atoms with van der Waals surface area (Å²) in [5, 5.41) is 10.5. The van der Waals surface area contributed by atoms with E-state index in [1.807, 2.05) is 35.2 Å². The number of carbonyl (C=O) groups is 1. The van der Waals surface area contributed by atoms with Crippen LogP contribution >= 0.6 is 11.8 Å². The van der Waals surface area contributed by atoms with Gasteiger partial charge in [0.25, 0.3) is 0 Å². The summed E-state index contributed by atoms with van der Waals surface area (Å²) in [7, 11) is 1.69. The second-order valence-electron chi connectivity index (χ2n) is 11.6. The van der Waals surface area contributed by atoms with Crippen LogP contribution in [0.15, 0.2) is 78.0 Å². The molecule has 6 rings (SSSR count). The zero-order valence-corrected chi connectivity index (χ0v) is 25.4. The largest absolute Gasteiger partial charge is 0.495 e. The van der Waals surface area contributed by atoms with Gasteiger partial charge in [0.2, 0.25) is 11.1 Å². The summed E-state index contributed by atoms with van der Waals surface area (Å²) in [6.45, 7) is 10.2. The van der Waals surface area contributed by atoms with Crippen LogP contribution in [0.3, 0.4) is 0 Å². The van der Waals surface area contributed by atoms with Crippen molar-refractivity contribution in [3.63, 3.8) is 0 Å². The Morgan fingerprint density at radius 3 is 2.36 bits per heavy atom. The number of thioether (sulfide) groups is 1. The van der Waals surface area contributed by atoms with Crippen LogP contribution < -0.4 is 9.64 Å². The highest BCUT2D eigenvalue weighted by molar-refractivity contribution is 7.99. The molecule has 0 bridgehead atoms. The van der Waals surface area contributed by atoms with E-state index in [4.69, 9.17) is 9.72 Å². The summed E-state index contributed by atoms with van der Waals surface area (Å²) >= 11 is 1.35. The molecule has 9 heteroatoms. The van der Waals surface area contributed by atoms with Crippen LogP contribution in [0.2, 0.25) is 0 Å². The van der Waals surface area contributed by atoms with Crippen molar-refractivity contribution in [3.05, 3.63) is 83.9 Å². The van der Waals surface area contributed by atoms with E-state index >= 15 is 0 Å². The first-order chi connectivity index (χ1) is 20.3. The summed E-state index contributed by atoms with van der Waals surface area (Å²) in [5.74, 6) is 1.21. The van der Waals surface area contributed by atoms with Crippen LogP contribution in [0.25, 0.3) is 22.1 Å². The van der Waals surface area contributed by atoms with Gasteiger partial charge in [0, 0.05) is 38.1 Å². The summed E-state index contributed by atoms with van der Waals surface area (Å²) in [4.78, 5) is 22.2. The first kappa shape index (κ1) is 28.0. The van der Waals surface area contributed by atoms with Crippen LogP contribution in [0.1, 0.15) is 31.9 Å². The summed E-state index contributed by atoms with van der Waals surface area (Å²) in [6, 6.07) is 25.0. The molecule has 2 aromatic heterocycles. The molecule has 0 spiro atoms. The Labute approximate surface area is 250 Å². The van der Waals surface area contributed by atoms with Gasteiger partial charge >= 0.3 is 0 Å². The molecule has 3 aromatic carbocycles. The van der Waals surface area contributed by atoms with E-state index in [-0.39, 0.29) is 17.1 Å². The molecule has 0 radical (unpaired) electrons. The van der Waals surface area contributed by atoms with E-state index in [1.54, 1.807) is 7.11 Å². The fourth-order valence-electron chi connectivity index (χ4n) is 5.51. The molecule has 1 saturated heterocycles. The Morgan fingerprint density at radius 2 is 1.62 bits per heavy atom. The zero-order valence-electron chi connectivity index (χ0n) is 24.6. The second-order valence-corrected chi connectivity index (χ2v) is 12.6. The minimum Gasteiger partial charge on any atom is -0.495 e. The van der Waals surface area contributed by atoms with Crippen molar-refractivity contribution >= 4 is 45.4 Å². The molecule has 0 saturated carbocycles. The number of ether oxygens (including phenoxy) is 1. The SMILES string of the molecule is COc1ccccc1N1CCN(C(=O)CSc2nnc3c4ccccc4n(Cc4ccc(C(C)(C)C)cc4)c3n2)CC1. The molecule has 42 heavy (non-hydrogen) atoms. The van der Waals surface area contributed by atoms with Gasteiger partial charge in [-0.1, -0.05) is 87.1 Å². The number of benzene rings is 3. The first-order valence-corrected chi connectivity index (χ1v) is 15.3. The highest BCUT2D eigenvalue weighted by atomic mass is 32.2. The third-order valence-electron chi connectivity index (χ3n) is 7.90. The highest BCUT2D eigenvalue weighted by Gasteiger charge is 2.24. The number of rotatable bonds is 7. The van der Waals surface area contributed by atoms with Gasteiger partial charge in [0.05, 0.1) is 24.1 Å². The van der Waals surface area contributed by atoms with Crippen molar-refractivity contribution in [2.24, 2.45) is 0 Å². The molecule has 1 amide bonds. The first-order valence-electron chi connectivity index (χ1n) is 14.3. The topological polar surface area (TPSA) is 76.4 Å². The lowest BCUT2D eigenvalue weighted by Gasteiger charge is -2.36. The van der Waals surface area contributed by atoms with E-state index in [2.05, 4.69) is 82.9 Å². The molecule has 0 unspecified atom stereocenters. The molecule has 0 N–H and O–H groups in total. The van der Waals surface area contributed by atoms with Crippen molar-refractivity contribution in [1.82, 2.24) is 24.6 Å². The Kier molecular flexibility index (Phi) is 7.77. The van der Waals surface area contributed by atoms with Crippen molar-refractivity contribution in [3.8, 4) is 5.75 Å². The maximum absolute atomic E-state index is 13.1. The molecule has 0 atom stereocenters. The number of piperazine rings is 1. The number of fused-ring (bicyclic) bond motifs is 3. The number of aromatic nitrogens is 4. The van der Waals surface area contributed by atoms with Crippen LogP contribution in [0.5, 0.6) is 5.75 Å². The molecule has 216 valence electrons. The van der Waals surface area contributed by atoms with Gasteiger partial charge in [0.1, 0.15) is 11.3 Å². The predicted molar refractivity (Wildman–Crippen MR) is 170 cm³/mol. The average molecular weight is 581 g/mol. The van der Waals surface area contributed by atoms with Crippen LogP contribution in [0.4, 0.5) is 5.69 Å². The Bertz CT molecular complexity index is 1720. The summed E-state index contributed by atoms with van der Waals surface area (Å²) < 4.78 is 7.72. The van der Waals surface area contributed by atoms with Gasteiger partial charge in [-0.25, -0.2) is 4.98 Å². The smallest absolute Gasteiger partial charge is 0.233 e. The number of hydrogen-bond donors (Lipinski definition) is 0. The third kappa shape index (κ3) is 5.66. The lowest BCUT2D eigenvalue weighted by atomic mass is 9.87. The zero-order chi connectivity index (χ0) is 29.3. The van der Waals surface area contributed by atoms with E-state index in [9.17, 15) is 4.79 Å². The maximum Gasteiger partial charge on any atom is 0.233 e. The van der Waals surface area contributed by atoms with Crippen molar-refractivity contribution < 1.29 is 9.53 Å². The number of carbonyl (C=O) groups excluding carboxylic acids is 1. The number of amides is 1. The Hall–Kier alpha value is -4.11. The van der Waals surface area contributed by atoms with E-state index in [1.165, 1.54) is 22.9 Å². The number of para-hydroxylation sites is 3. The van der Waals surface area contributed by atoms with Gasteiger partial charge in [-0.15, -0.1) is 10.2 Å². The van der Waals surface area contributed by atoms with Crippen molar-refractivity contribution in [2.75, 3.05) is 43.9 Å². The highest BCUT2D eigenvalue weighted by Crippen LogP contribution is 2.30. The number of nitrogens with zero attached hydrogens (tertiary/aromatic N) is 6. The van der Waals surface area contributed by atoms with E-state index < -0.39 is 0 Å². The molecular weight excluding hydrogens is 544 g/mol. The lowest BCUT2D eigenvalue weighted by Crippen LogP contribution is -2.49. The Morgan fingerprint density at radius 1 is 0.905 bits per heavy atom. The molecule has 0 aliphatic carbocycles. The molecular formula is C33H36N6O2S. The van der Waals surface area contributed by atoms with Crippen LogP contribution in [0, 0.1) is 0 Å². The molecule has 1 fully saturated rings. The fraction of sp³-hybridized carbons (Fsp3) is 0.333. The second kappa shape index (κ2) is 11.6. The van der Waals surface area contributed by atoms with Gasteiger partial charge in [0.15, 0.2) is 5.65 Å². The van der Waals surface area contributed by atoms with E-state index in [0.29, 0.717) is 24.8 Å². The monoisotopic (exact) mass is 580 g/mol. The number of anilines is 1. The van der Waals surface area contributed by atoms with Gasteiger partial charge in [-0.3, -0.25) is 4.79 Å². The lowest BCUT2D eigenvalue weighted by molar-refractivity contribution is -0.128. The Balaban J connectivity index is 1.17. The van der Waals surface area contributed by atoms with Crippen molar-refractivity contribution in [2.45, 2.75) is 37.9 Å². The summed E-state index contributed by atoms with van der Waals surface area (Å²) in [6.07, 6.45) is 0. The van der Waals surface area contributed by atoms with Crippen LogP contribution in [-0.2, 0) is 16.8 Å². The fourth-order valence-corrected chi connectivity index (χ4v) is 6.19. The number of hydrogen-bond acceptors (Lipinski definition) is 7. The average Bonchev–Trinajstić information content (AvgIpc) is 3.32. The number of methoxy groups -OCH3 is 1. The minimum atomic E-state index is 0.0860. The maximum atomic E-state index is 13.1. The molecule has 5 aromatic rings. The minimum absolute atomic E-state index is 0.0860. The normalized spacial score (nSPS) is 14.1.